The number of ether oxygens (including phenoxy) is 1. The van der Waals surface area contributed by atoms with E-state index in [0.29, 0.717) is 0 Å². The summed E-state index contributed by atoms with van der Waals surface area (Å²) in [6.07, 6.45) is 0.249. The molecule has 0 radical (unpaired) electrons. The maximum Gasteiger partial charge on any atom is 0.0874 e. The van der Waals surface area contributed by atoms with Gasteiger partial charge in [0.05, 0.1) is 24.1 Å². The second-order valence-corrected chi connectivity index (χ2v) is 4.86. The summed E-state index contributed by atoms with van der Waals surface area (Å²) < 4.78 is 5.76. The fraction of sp³-hybridized carbons (Fsp3) is 0.571. The van der Waals surface area contributed by atoms with Gasteiger partial charge >= 0.3 is 0 Å². The van der Waals surface area contributed by atoms with Crippen molar-refractivity contribution in [3.8, 4) is 0 Å². The van der Waals surface area contributed by atoms with Gasteiger partial charge in [-0.25, -0.2) is 0 Å². The van der Waals surface area contributed by atoms with E-state index in [1.54, 1.807) is 0 Å². The Kier molecular flexibility index (Phi) is 4.44. The predicted octanol–water partition coefficient (Wildman–Crippen LogP) is 1.71. The molecule has 1 fully saturated rings. The predicted molar refractivity (Wildman–Crippen MR) is 75.9 cm³/mol. The Labute approximate surface area is 109 Å². The Morgan fingerprint density at radius 2 is 2.33 bits per heavy atom. The molecule has 0 spiro atoms. The van der Waals surface area contributed by atoms with Crippen molar-refractivity contribution < 1.29 is 4.74 Å². The molecule has 1 unspecified atom stereocenters. The molecule has 0 saturated carbocycles. The van der Waals surface area contributed by atoms with Gasteiger partial charge in [-0.3, -0.25) is 4.90 Å². The summed E-state index contributed by atoms with van der Waals surface area (Å²) in [6.45, 7) is 9.02. The van der Waals surface area contributed by atoms with Crippen molar-refractivity contribution >= 4 is 11.4 Å². The molecule has 3 N–H and O–H groups in total. The van der Waals surface area contributed by atoms with Gasteiger partial charge in [-0.2, -0.15) is 0 Å². The highest BCUT2D eigenvalue weighted by Gasteiger charge is 2.18. The van der Waals surface area contributed by atoms with E-state index in [1.165, 1.54) is 5.56 Å². The van der Waals surface area contributed by atoms with Gasteiger partial charge in [0.25, 0.3) is 0 Å². The molecule has 0 bridgehead atoms. The van der Waals surface area contributed by atoms with Crippen molar-refractivity contribution in [2.75, 3.05) is 43.8 Å². The third-order valence-corrected chi connectivity index (χ3v) is 3.40. The van der Waals surface area contributed by atoms with Gasteiger partial charge in [-0.05, 0) is 31.2 Å². The van der Waals surface area contributed by atoms with Crippen LogP contribution >= 0.6 is 0 Å². The lowest BCUT2D eigenvalue weighted by Gasteiger charge is -2.32. The van der Waals surface area contributed by atoms with Gasteiger partial charge in [-0.1, -0.05) is 13.0 Å². The zero-order valence-corrected chi connectivity index (χ0v) is 11.3. The molecule has 0 amide bonds. The number of nitrogens with one attached hydrogen (secondary N) is 1. The summed E-state index contributed by atoms with van der Waals surface area (Å²) in [5, 5.41) is 3.39. The van der Waals surface area contributed by atoms with Crippen molar-refractivity contribution in [1.82, 2.24) is 4.90 Å². The molecule has 1 atom stereocenters. The molecule has 0 aromatic heterocycles. The molecule has 1 aromatic rings. The minimum absolute atomic E-state index is 0.249. The van der Waals surface area contributed by atoms with Crippen LogP contribution in [0.2, 0.25) is 0 Å². The Bertz CT molecular complexity index is 395. The third-order valence-electron chi connectivity index (χ3n) is 3.40. The molecule has 18 heavy (non-hydrogen) atoms. The summed E-state index contributed by atoms with van der Waals surface area (Å²) >= 11 is 0. The standard InChI is InChI=1S/C14H23N3O/c1-3-17-6-7-18-12(10-17)9-16-14-8-11(2)4-5-13(14)15/h4-5,8,12,16H,3,6-7,9-10,15H2,1-2H3. The molecule has 100 valence electrons. The lowest BCUT2D eigenvalue weighted by molar-refractivity contribution is -0.0191. The van der Waals surface area contributed by atoms with Crippen LogP contribution in [0.15, 0.2) is 18.2 Å². The van der Waals surface area contributed by atoms with Crippen LogP contribution in [-0.4, -0.2) is 43.8 Å². The smallest absolute Gasteiger partial charge is 0.0874 e. The van der Waals surface area contributed by atoms with E-state index in [2.05, 4.69) is 30.1 Å². The highest BCUT2D eigenvalue weighted by Crippen LogP contribution is 2.19. The number of nitrogens with zero attached hydrogens (tertiary/aromatic N) is 1. The summed E-state index contributed by atoms with van der Waals surface area (Å²) in [6, 6.07) is 6.05. The minimum atomic E-state index is 0.249. The van der Waals surface area contributed by atoms with E-state index in [1.807, 2.05) is 12.1 Å². The van der Waals surface area contributed by atoms with E-state index >= 15 is 0 Å². The minimum Gasteiger partial charge on any atom is -0.397 e. The number of hydrogen-bond acceptors (Lipinski definition) is 4. The zero-order valence-electron chi connectivity index (χ0n) is 11.3. The highest BCUT2D eigenvalue weighted by molar-refractivity contribution is 5.66. The summed E-state index contributed by atoms with van der Waals surface area (Å²) in [5.74, 6) is 0. The number of nitrogen functional groups attached to an aromatic ring is 1. The maximum atomic E-state index is 5.94. The second kappa shape index (κ2) is 6.07. The average molecular weight is 249 g/mol. The van der Waals surface area contributed by atoms with Crippen molar-refractivity contribution in [2.45, 2.75) is 20.0 Å². The van der Waals surface area contributed by atoms with Gasteiger partial charge in [0.1, 0.15) is 0 Å². The number of benzene rings is 1. The number of rotatable bonds is 4. The molecule has 4 heteroatoms. The van der Waals surface area contributed by atoms with Gasteiger partial charge in [-0.15, -0.1) is 0 Å². The molecule has 1 saturated heterocycles. The number of nitrogens with two attached hydrogens (primary N) is 1. The van der Waals surface area contributed by atoms with Crippen molar-refractivity contribution in [2.24, 2.45) is 0 Å². The Morgan fingerprint density at radius 3 is 3.11 bits per heavy atom. The Morgan fingerprint density at radius 1 is 1.50 bits per heavy atom. The first kappa shape index (κ1) is 13.2. The molecule has 1 heterocycles. The molecule has 1 aromatic carbocycles. The lowest BCUT2D eigenvalue weighted by atomic mass is 10.2. The van der Waals surface area contributed by atoms with E-state index in [-0.39, 0.29) is 6.10 Å². The lowest BCUT2D eigenvalue weighted by Crippen LogP contribution is -2.45. The Balaban J connectivity index is 1.89. The quantitative estimate of drug-likeness (QED) is 0.798. The third kappa shape index (κ3) is 3.37. The molecule has 0 aliphatic carbocycles. The monoisotopic (exact) mass is 249 g/mol. The number of likely N-dealkylation sites (N-methyl/N-ethyl adjacent to an activating group) is 1. The summed E-state index contributed by atoms with van der Waals surface area (Å²) in [7, 11) is 0. The topological polar surface area (TPSA) is 50.5 Å². The van der Waals surface area contributed by atoms with Crippen LogP contribution in [0.4, 0.5) is 11.4 Å². The van der Waals surface area contributed by atoms with Gasteiger partial charge < -0.3 is 15.8 Å². The normalized spacial score (nSPS) is 20.9. The number of hydrogen-bond donors (Lipinski definition) is 2. The van der Waals surface area contributed by atoms with Crippen LogP contribution in [0.1, 0.15) is 12.5 Å². The largest absolute Gasteiger partial charge is 0.397 e. The van der Waals surface area contributed by atoms with Crippen LogP contribution in [0.25, 0.3) is 0 Å². The average Bonchev–Trinajstić information content (AvgIpc) is 2.40. The second-order valence-electron chi connectivity index (χ2n) is 4.86. The maximum absolute atomic E-state index is 5.94. The summed E-state index contributed by atoms with van der Waals surface area (Å²) in [4.78, 5) is 2.41. The van der Waals surface area contributed by atoms with Crippen molar-refractivity contribution in [1.29, 1.82) is 0 Å². The first-order valence-corrected chi connectivity index (χ1v) is 6.63. The molecular weight excluding hydrogens is 226 g/mol. The van der Waals surface area contributed by atoms with Crippen LogP contribution in [0.5, 0.6) is 0 Å². The fourth-order valence-corrected chi connectivity index (χ4v) is 2.24. The molecule has 4 nitrogen and oxygen atoms in total. The number of morpholine rings is 1. The van der Waals surface area contributed by atoms with Crippen LogP contribution < -0.4 is 11.1 Å². The molecule has 1 aliphatic rings. The van der Waals surface area contributed by atoms with Crippen LogP contribution in [0, 0.1) is 6.92 Å². The van der Waals surface area contributed by atoms with Gasteiger partial charge in [0.2, 0.25) is 0 Å². The van der Waals surface area contributed by atoms with E-state index in [9.17, 15) is 0 Å². The number of anilines is 2. The van der Waals surface area contributed by atoms with E-state index in [0.717, 1.165) is 44.2 Å². The van der Waals surface area contributed by atoms with Gasteiger partial charge in [0, 0.05) is 19.6 Å². The fourth-order valence-electron chi connectivity index (χ4n) is 2.24. The Hall–Kier alpha value is -1.26. The van der Waals surface area contributed by atoms with Crippen molar-refractivity contribution in [3.05, 3.63) is 23.8 Å². The van der Waals surface area contributed by atoms with Gasteiger partial charge in [0.15, 0.2) is 0 Å². The zero-order chi connectivity index (χ0) is 13.0. The first-order valence-electron chi connectivity index (χ1n) is 6.63. The van der Waals surface area contributed by atoms with E-state index in [4.69, 9.17) is 10.5 Å². The van der Waals surface area contributed by atoms with E-state index < -0.39 is 0 Å². The SMILES string of the molecule is CCN1CCOC(CNc2cc(C)ccc2N)C1. The van der Waals surface area contributed by atoms with Crippen LogP contribution in [0.3, 0.4) is 0 Å². The number of aryl methyl sites for hydroxylation is 1. The highest BCUT2D eigenvalue weighted by atomic mass is 16.5. The van der Waals surface area contributed by atoms with Crippen LogP contribution in [-0.2, 0) is 4.74 Å². The summed E-state index contributed by atoms with van der Waals surface area (Å²) in [5.41, 5.74) is 8.96. The molecule has 1 aliphatic heterocycles. The van der Waals surface area contributed by atoms with Crippen molar-refractivity contribution in [3.63, 3.8) is 0 Å². The molecular formula is C14H23N3O. The first-order chi connectivity index (χ1) is 8.69. The molecule has 2 rings (SSSR count).